The lowest BCUT2D eigenvalue weighted by atomic mass is 10.3. The molecule has 0 aliphatic carbocycles. The highest BCUT2D eigenvalue weighted by Crippen LogP contribution is 2.06. The summed E-state index contributed by atoms with van der Waals surface area (Å²) in [5, 5.41) is 11.1. The molecule has 0 atom stereocenters. The van der Waals surface area contributed by atoms with Crippen LogP contribution in [-0.2, 0) is 6.54 Å². The predicted octanol–water partition coefficient (Wildman–Crippen LogP) is 3.23. The Kier molecular flexibility index (Phi) is 3.91. The van der Waals surface area contributed by atoms with Gasteiger partial charge in [0.25, 0.3) is 0 Å². The van der Waals surface area contributed by atoms with Crippen LogP contribution in [0.5, 0.6) is 0 Å². The van der Waals surface area contributed by atoms with E-state index in [-0.39, 0.29) is 0 Å². The van der Waals surface area contributed by atoms with E-state index in [0.29, 0.717) is 5.11 Å². The van der Waals surface area contributed by atoms with Crippen LogP contribution >= 0.6 is 23.6 Å². The smallest absolute Gasteiger partial charge is 0.171 e. The zero-order valence-corrected chi connectivity index (χ0v) is 10.3. The van der Waals surface area contributed by atoms with E-state index >= 15 is 0 Å². The highest BCUT2D eigenvalue weighted by molar-refractivity contribution is 7.80. The van der Waals surface area contributed by atoms with Crippen LogP contribution < -0.4 is 10.6 Å². The number of nitrogens with one attached hydrogen (secondary N) is 2. The minimum absolute atomic E-state index is 0.650. The van der Waals surface area contributed by atoms with Crippen molar-refractivity contribution in [2.75, 3.05) is 5.32 Å². The van der Waals surface area contributed by atoms with Crippen LogP contribution in [0.3, 0.4) is 0 Å². The Morgan fingerprint density at radius 2 is 2.00 bits per heavy atom. The second-order valence-corrected chi connectivity index (χ2v) is 4.49. The van der Waals surface area contributed by atoms with Gasteiger partial charge in [-0.15, -0.1) is 0 Å². The molecule has 0 amide bonds. The Hall–Kier alpha value is -1.39. The quantitative estimate of drug-likeness (QED) is 0.815. The minimum atomic E-state index is 0.650. The third-order valence-electron chi connectivity index (χ3n) is 2.06. The van der Waals surface area contributed by atoms with Gasteiger partial charge in [0, 0.05) is 12.2 Å². The molecular formula is C12H12N2S2. The van der Waals surface area contributed by atoms with E-state index in [1.54, 1.807) is 11.3 Å². The molecule has 0 saturated heterocycles. The molecule has 0 bridgehead atoms. The van der Waals surface area contributed by atoms with Crippen LogP contribution in [-0.4, -0.2) is 5.11 Å². The first kappa shape index (κ1) is 11.1. The second kappa shape index (κ2) is 5.63. The first-order valence-electron chi connectivity index (χ1n) is 4.95. The number of hydrogen-bond donors (Lipinski definition) is 2. The average molecular weight is 248 g/mol. The van der Waals surface area contributed by atoms with Gasteiger partial charge in [0.2, 0.25) is 0 Å². The fourth-order valence-electron chi connectivity index (χ4n) is 1.27. The Bertz CT molecular complexity index is 437. The summed E-state index contributed by atoms with van der Waals surface area (Å²) in [7, 11) is 0. The SMILES string of the molecule is S=C(NCc1ccsc1)Nc1ccccc1. The molecule has 0 radical (unpaired) electrons. The highest BCUT2D eigenvalue weighted by atomic mass is 32.1. The Balaban J connectivity index is 1.81. The van der Waals surface area contributed by atoms with Crippen molar-refractivity contribution in [2.45, 2.75) is 6.54 Å². The summed E-state index contributed by atoms with van der Waals surface area (Å²) in [6.07, 6.45) is 0. The van der Waals surface area contributed by atoms with Gasteiger partial charge >= 0.3 is 0 Å². The number of benzene rings is 1. The maximum Gasteiger partial charge on any atom is 0.171 e. The number of hydrogen-bond acceptors (Lipinski definition) is 2. The predicted molar refractivity (Wildman–Crippen MR) is 73.8 cm³/mol. The van der Waals surface area contributed by atoms with Gasteiger partial charge in [0.1, 0.15) is 0 Å². The van der Waals surface area contributed by atoms with E-state index in [9.17, 15) is 0 Å². The van der Waals surface area contributed by atoms with Crippen LogP contribution in [0.4, 0.5) is 5.69 Å². The topological polar surface area (TPSA) is 24.1 Å². The number of rotatable bonds is 3. The van der Waals surface area contributed by atoms with E-state index in [4.69, 9.17) is 12.2 Å². The van der Waals surface area contributed by atoms with Gasteiger partial charge in [-0.1, -0.05) is 18.2 Å². The zero-order valence-electron chi connectivity index (χ0n) is 8.64. The molecule has 1 heterocycles. The normalized spacial score (nSPS) is 9.75. The van der Waals surface area contributed by atoms with Crippen LogP contribution in [0.15, 0.2) is 47.2 Å². The molecule has 82 valence electrons. The first-order chi connectivity index (χ1) is 7.84. The van der Waals surface area contributed by atoms with Gasteiger partial charge < -0.3 is 10.6 Å². The molecule has 1 aromatic heterocycles. The minimum Gasteiger partial charge on any atom is -0.358 e. The molecule has 0 fully saturated rings. The van der Waals surface area contributed by atoms with Gasteiger partial charge in [-0.25, -0.2) is 0 Å². The average Bonchev–Trinajstić information content (AvgIpc) is 2.81. The van der Waals surface area contributed by atoms with Gasteiger partial charge in [-0.05, 0) is 46.7 Å². The first-order valence-corrected chi connectivity index (χ1v) is 6.31. The summed E-state index contributed by atoms with van der Waals surface area (Å²) in [6, 6.07) is 12.0. The molecule has 2 nitrogen and oxygen atoms in total. The fourth-order valence-corrected chi connectivity index (χ4v) is 2.13. The number of para-hydroxylation sites is 1. The molecule has 2 N–H and O–H groups in total. The third-order valence-corrected chi connectivity index (χ3v) is 3.04. The largest absolute Gasteiger partial charge is 0.358 e. The Morgan fingerprint density at radius 1 is 1.19 bits per heavy atom. The maximum absolute atomic E-state index is 5.19. The van der Waals surface area contributed by atoms with Gasteiger partial charge in [-0.2, -0.15) is 11.3 Å². The van der Waals surface area contributed by atoms with Crippen LogP contribution in [0.1, 0.15) is 5.56 Å². The van der Waals surface area contributed by atoms with Crippen molar-refractivity contribution in [3.8, 4) is 0 Å². The van der Waals surface area contributed by atoms with Crippen molar-refractivity contribution < 1.29 is 0 Å². The Morgan fingerprint density at radius 3 is 2.69 bits per heavy atom. The van der Waals surface area contributed by atoms with E-state index in [1.807, 2.05) is 30.3 Å². The summed E-state index contributed by atoms with van der Waals surface area (Å²) < 4.78 is 0. The lowest BCUT2D eigenvalue weighted by Gasteiger charge is -2.09. The monoisotopic (exact) mass is 248 g/mol. The van der Waals surface area contributed by atoms with Crippen molar-refractivity contribution in [2.24, 2.45) is 0 Å². The van der Waals surface area contributed by atoms with E-state index < -0.39 is 0 Å². The highest BCUT2D eigenvalue weighted by Gasteiger charge is 1.97. The molecule has 0 aliphatic heterocycles. The maximum atomic E-state index is 5.19. The fraction of sp³-hybridized carbons (Fsp3) is 0.0833. The summed E-state index contributed by atoms with van der Waals surface area (Å²) in [4.78, 5) is 0. The van der Waals surface area contributed by atoms with Crippen LogP contribution in [0.25, 0.3) is 0 Å². The molecule has 2 rings (SSSR count). The molecule has 4 heteroatoms. The molecule has 16 heavy (non-hydrogen) atoms. The van der Waals surface area contributed by atoms with Crippen molar-refractivity contribution in [1.29, 1.82) is 0 Å². The van der Waals surface area contributed by atoms with E-state index in [0.717, 1.165) is 12.2 Å². The molecule has 0 spiro atoms. The summed E-state index contributed by atoms with van der Waals surface area (Å²) in [5.41, 5.74) is 2.26. The molecule has 0 unspecified atom stereocenters. The molecule has 1 aromatic carbocycles. The molecule has 0 aliphatic rings. The summed E-state index contributed by atoms with van der Waals surface area (Å²) in [6.45, 7) is 0.766. The second-order valence-electron chi connectivity index (χ2n) is 3.31. The van der Waals surface area contributed by atoms with Crippen LogP contribution in [0.2, 0.25) is 0 Å². The number of thiophene rings is 1. The van der Waals surface area contributed by atoms with E-state index in [2.05, 4.69) is 27.5 Å². The lowest BCUT2D eigenvalue weighted by molar-refractivity contribution is 0.931. The molecule has 2 aromatic rings. The van der Waals surface area contributed by atoms with E-state index in [1.165, 1.54) is 5.56 Å². The zero-order chi connectivity index (χ0) is 11.2. The lowest BCUT2D eigenvalue weighted by Crippen LogP contribution is -2.27. The van der Waals surface area contributed by atoms with Crippen LogP contribution in [0, 0.1) is 0 Å². The number of thiocarbonyl (C=S) groups is 1. The standard InChI is InChI=1S/C12H12N2S2/c15-12(13-8-10-6-7-16-9-10)14-11-4-2-1-3-5-11/h1-7,9H,8H2,(H2,13,14,15). The number of anilines is 1. The van der Waals surface area contributed by atoms with Crippen molar-refractivity contribution in [3.63, 3.8) is 0 Å². The Labute approximate surface area is 104 Å². The van der Waals surface area contributed by atoms with Gasteiger partial charge in [0.15, 0.2) is 5.11 Å². The molecule has 0 saturated carbocycles. The summed E-state index contributed by atoms with van der Waals surface area (Å²) in [5.74, 6) is 0. The summed E-state index contributed by atoms with van der Waals surface area (Å²) >= 11 is 6.88. The van der Waals surface area contributed by atoms with Gasteiger partial charge in [-0.3, -0.25) is 0 Å². The van der Waals surface area contributed by atoms with Gasteiger partial charge in [0.05, 0.1) is 0 Å². The third kappa shape index (κ3) is 3.32. The van der Waals surface area contributed by atoms with Crippen molar-refractivity contribution in [3.05, 3.63) is 52.7 Å². The molecular weight excluding hydrogens is 236 g/mol. The van der Waals surface area contributed by atoms with Crippen molar-refractivity contribution in [1.82, 2.24) is 5.32 Å². The van der Waals surface area contributed by atoms with Crippen molar-refractivity contribution >= 4 is 34.4 Å².